The maximum atomic E-state index is 7.37. The van der Waals surface area contributed by atoms with Gasteiger partial charge >= 0.3 is 0 Å². The molecule has 1 aromatic heterocycles. The zero-order chi connectivity index (χ0) is 57.1. The fourth-order valence-electron chi connectivity index (χ4n) is 13.2. The van der Waals surface area contributed by atoms with E-state index < -0.39 is 0 Å². The van der Waals surface area contributed by atoms with Crippen LogP contribution in [0, 0.1) is 0 Å². The summed E-state index contributed by atoms with van der Waals surface area (Å²) >= 11 is 7.37. The molecule has 0 fully saturated rings. The minimum atomic E-state index is -0.266. The Labute approximate surface area is 495 Å². The quantitative estimate of drug-likeness (QED) is 0.147. The minimum Gasteiger partial charge on any atom is -0.310 e. The van der Waals surface area contributed by atoms with Gasteiger partial charge in [-0.15, -0.1) is 0 Å². The molecule has 12 aromatic rings. The third-order valence-corrected chi connectivity index (χ3v) is 17.7. The van der Waals surface area contributed by atoms with Gasteiger partial charge in [-0.25, -0.2) is 0 Å². The highest BCUT2D eigenvalue weighted by Crippen LogP contribution is 2.54. The van der Waals surface area contributed by atoms with Crippen LogP contribution in [-0.4, -0.2) is 11.3 Å². The fourth-order valence-corrected chi connectivity index (χ4v) is 13.4. The van der Waals surface area contributed by atoms with Gasteiger partial charge in [0.05, 0.1) is 22.4 Å². The molecule has 0 radical (unpaired) electrons. The maximum Gasteiger partial charge on any atom is 0.252 e. The van der Waals surface area contributed by atoms with Gasteiger partial charge in [0.15, 0.2) is 0 Å². The zero-order valence-corrected chi connectivity index (χ0v) is 49.6. The molecule has 3 nitrogen and oxygen atoms in total. The van der Waals surface area contributed by atoms with Crippen LogP contribution in [0.15, 0.2) is 243 Å². The molecule has 14 rings (SSSR count). The van der Waals surface area contributed by atoms with Crippen LogP contribution in [0.5, 0.6) is 0 Å². The van der Waals surface area contributed by atoms with Crippen molar-refractivity contribution in [3.63, 3.8) is 0 Å². The highest BCUT2D eigenvalue weighted by Gasteiger charge is 2.46. The van der Waals surface area contributed by atoms with E-state index in [1.165, 1.54) is 54.9 Å². The normalized spacial score (nSPS) is 13.1. The van der Waals surface area contributed by atoms with Crippen molar-refractivity contribution in [1.82, 2.24) is 4.57 Å². The average Bonchev–Trinajstić information content (AvgIpc) is 1.04. The fraction of sp³-hybridized carbons (Fsp3) is 0.154. The molecule has 0 saturated carbocycles. The van der Waals surface area contributed by atoms with E-state index in [0.29, 0.717) is 5.02 Å². The van der Waals surface area contributed by atoms with Crippen LogP contribution in [0.1, 0.15) is 79.0 Å². The lowest BCUT2D eigenvalue weighted by molar-refractivity contribution is 0.590. The van der Waals surface area contributed by atoms with E-state index in [1.807, 2.05) is 0 Å². The minimum absolute atomic E-state index is 0.0276. The van der Waals surface area contributed by atoms with Gasteiger partial charge in [0.2, 0.25) is 0 Å². The molecule has 0 amide bonds. The zero-order valence-electron chi connectivity index (χ0n) is 48.9. The predicted octanol–water partition coefficient (Wildman–Crippen LogP) is 20.1. The van der Waals surface area contributed by atoms with E-state index in [9.17, 15) is 0 Å². The second kappa shape index (κ2) is 19.7. The molecule has 0 atom stereocenters. The van der Waals surface area contributed by atoms with Crippen LogP contribution in [0.2, 0.25) is 5.02 Å². The van der Waals surface area contributed by atoms with Crippen molar-refractivity contribution in [2.75, 3.05) is 9.80 Å². The standard InChI is InChI=1S/C78H67BClN3/c1-76(2,3)54-36-42-67-63(44-54)64-45-55(77(4,5)6)37-43-68(64)81(67)58-39-41-66-70(49-58)83(75-61(52-28-18-12-19-29-52)34-23-35-62(75)53-30-20-13-21-31-53)72-47-56(78(7,8)9)46-71-73(72)79(66)65-40-38-57(80)48-69(65)82(71)74-59(50-24-14-10-15-25-50)32-22-33-60(74)51-26-16-11-17-27-51/h10-49H,1-9H3. The molecule has 83 heavy (non-hydrogen) atoms. The van der Waals surface area contributed by atoms with Crippen molar-refractivity contribution < 1.29 is 0 Å². The average molecular weight is 1090 g/mol. The SMILES string of the molecule is CC(C)(C)c1cc2c3c(c1)N(c1c(-c4ccccc4)cccc1-c1ccccc1)c1cc(-n4c5ccc(C(C)(C)C)cc5c5cc(C(C)(C)C)ccc54)ccc1B3c1ccc(Cl)cc1N2c1c(-c2ccccc2)cccc1-c1ccccc1. The van der Waals surface area contributed by atoms with E-state index in [4.69, 9.17) is 11.6 Å². The van der Waals surface area contributed by atoms with E-state index in [0.717, 1.165) is 84.3 Å². The molecular weight excluding hydrogens is 1030 g/mol. The number of hydrogen-bond acceptors (Lipinski definition) is 2. The molecule has 0 bridgehead atoms. The van der Waals surface area contributed by atoms with Gasteiger partial charge in [-0.2, -0.15) is 0 Å². The van der Waals surface area contributed by atoms with Crippen molar-refractivity contribution in [3.8, 4) is 50.2 Å². The van der Waals surface area contributed by atoms with Crippen LogP contribution >= 0.6 is 11.6 Å². The molecule has 0 saturated heterocycles. The Balaban J connectivity index is 1.14. The first-order valence-electron chi connectivity index (χ1n) is 29.3. The molecule has 0 spiro atoms. The molecule has 0 aliphatic carbocycles. The first-order valence-corrected chi connectivity index (χ1v) is 29.7. The summed E-state index contributed by atoms with van der Waals surface area (Å²) in [7, 11) is 0. The summed E-state index contributed by atoms with van der Waals surface area (Å²) in [6.07, 6.45) is 0. The van der Waals surface area contributed by atoms with Gasteiger partial charge in [-0.3, -0.25) is 0 Å². The Morgan fingerprint density at radius 1 is 0.325 bits per heavy atom. The van der Waals surface area contributed by atoms with Gasteiger partial charge in [-0.1, -0.05) is 256 Å². The van der Waals surface area contributed by atoms with Crippen LogP contribution < -0.4 is 26.2 Å². The third kappa shape index (κ3) is 8.81. The highest BCUT2D eigenvalue weighted by molar-refractivity contribution is 7.00. The predicted molar refractivity (Wildman–Crippen MR) is 358 cm³/mol. The lowest BCUT2D eigenvalue weighted by Gasteiger charge is -2.46. The number of halogens is 1. The third-order valence-electron chi connectivity index (χ3n) is 17.5. The Morgan fingerprint density at radius 2 is 0.699 bits per heavy atom. The second-order valence-corrected chi connectivity index (χ2v) is 26.3. The molecule has 0 unspecified atom stereocenters. The van der Waals surface area contributed by atoms with Crippen molar-refractivity contribution in [2.24, 2.45) is 0 Å². The number of para-hydroxylation sites is 2. The molecule has 0 N–H and O–H groups in total. The Bertz CT molecular complexity index is 4320. The Morgan fingerprint density at radius 3 is 1.08 bits per heavy atom. The van der Waals surface area contributed by atoms with Gasteiger partial charge in [0.25, 0.3) is 6.71 Å². The lowest BCUT2D eigenvalue weighted by atomic mass is 9.33. The Kier molecular flexibility index (Phi) is 12.4. The number of rotatable bonds is 7. The van der Waals surface area contributed by atoms with Crippen molar-refractivity contribution in [3.05, 3.63) is 264 Å². The molecule has 2 aliphatic heterocycles. The summed E-state index contributed by atoms with van der Waals surface area (Å²) in [5.74, 6) is 0. The van der Waals surface area contributed by atoms with Gasteiger partial charge in [0, 0.05) is 66.5 Å². The second-order valence-electron chi connectivity index (χ2n) is 25.9. The monoisotopic (exact) mass is 1090 g/mol. The molecule has 5 heteroatoms. The summed E-state index contributed by atoms with van der Waals surface area (Å²) in [4.78, 5) is 5.24. The van der Waals surface area contributed by atoms with Crippen molar-refractivity contribution in [1.29, 1.82) is 0 Å². The maximum absolute atomic E-state index is 7.37. The van der Waals surface area contributed by atoms with E-state index in [1.54, 1.807) is 0 Å². The van der Waals surface area contributed by atoms with Crippen LogP contribution in [-0.2, 0) is 16.2 Å². The van der Waals surface area contributed by atoms with E-state index >= 15 is 0 Å². The number of nitrogens with zero attached hydrogens (tertiary/aromatic N) is 3. The first-order chi connectivity index (χ1) is 40.0. The Hall–Kier alpha value is -8.83. The topological polar surface area (TPSA) is 11.4 Å². The number of fused-ring (bicyclic) bond motifs is 7. The van der Waals surface area contributed by atoms with Crippen molar-refractivity contribution in [2.45, 2.75) is 78.6 Å². The number of anilines is 6. The summed E-state index contributed by atoms with van der Waals surface area (Å²) in [5, 5.41) is 3.22. The van der Waals surface area contributed by atoms with Crippen LogP contribution in [0.3, 0.4) is 0 Å². The first kappa shape index (κ1) is 52.3. The largest absolute Gasteiger partial charge is 0.310 e. The number of hydrogen-bond donors (Lipinski definition) is 0. The number of aromatic nitrogens is 1. The van der Waals surface area contributed by atoms with E-state index in [-0.39, 0.29) is 23.0 Å². The highest BCUT2D eigenvalue weighted by atomic mass is 35.5. The smallest absolute Gasteiger partial charge is 0.252 e. The van der Waals surface area contributed by atoms with Gasteiger partial charge < -0.3 is 14.4 Å². The molecular formula is C78H67BClN3. The molecule has 3 heterocycles. The van der Waals surface area contributed by atoms with Gasteiger partial charge in [0.1, 0.15) is 0 Å². The van der Waals surface area contributed by atoms with Crippen LogP contribution in [0.25, 0.3) is 72.0 Å². The molecule has 404 valence electrons. The van der Waals surface area contributed by atoms with E-state index in [2.05, 4.69) is 319 Å². The summed E-state index contributed by atoms with van der Waals surface area (Å²) < 4.78 is 2.53. The lowest BCUT2D eigenvalue weighted by Crippen LogP contribution is -2.61. The summed E-state index contributed by atoms with van der Waals surface area (Å²) in [5.41, 5.74) is 26.6. The van der Waals surface area contributed by atoms with Crippen molar-refractivity contribution >= 4 is 90.6 Å². The van der Waals surface area contributed by atoms with Crippen LogP contribution in [0.4, 0.5) is 34.1 Å². The molecule has 11 aromatic carbocycles. The summed E-state index contributed by atoms with van der Waals surface area (Å²) in [6, 6.07) is 90.8. The molecule has 2 aliphatic rings. The number of benzene rings is 11. The summed E-state index contributed by atoms with van der Waals surface area (Å²) in [6.45, 7) is 20.8. The van der Waals surface area contributed by atoms with Gasteiger partial charge in [-0.05, 0) is 132 Å².